The minimum Gasteiger partial charge on any atom is -0.343 e. The van der Waals surface area contributed by atoms with Crippen molar-refractivity contribution in [1.82, 2.24) is 9.47 Å². The number of carbonyl (C=O) groups excluding carboxylic acids is 1. The van der Waals surface area contributed by atoms with E-state index in [9.17, 15) is 9.59 Å². The first-order valence-corrected chi connectivity index (χ1v) is 5.33. The number of aryl methyl sites for hydroxylation is 1. The van der Waals surface area contributed by atoms with Gasteiger partial charge in [-0.2, -0.15) is 5.26 Å². The molecule has 0 bridgehead atoms. The normalized spacial score (nSPS) is 9.71. The van der Waals surface area contributed by atoms with Gasteiger partial charge in [-0.25, -0.2) is 0 Å². The smallest absolute Gasteiger partial charge is 0.253 e. The Morgan fingerprint density at radius 3 is 2.94 bits per heavy atom. The van der Waals surface area contributed by atoms with Crippen LogP contribution in [-0.4, -0.2) is 29.0 Å². The van der Waals surface area contributed by atoms with Crippen molar-refractivity contribution in [1.29, 1.82) is 5.26 Å². The van der Waals surface area contributed by atoms with Crippen molar-refractivity contribution < 1.29 is 4.79 Å². The zero-order chi connectivity index (χ0) is 12.8. The van der Waals surface area contributed by atoms with Crippen molar-refractivity contribution >= 4 is 5.91 Å². The molecule has 0 aliphatic rings. The van der Waals surface area contributed by atoms with Crippen molar-refractivity contribution in [2.45, 2.75) is 19.9 Å². The predicted octanol–water partition coefficient (Wildman–Crippen LogP) is 0.529. The molecule has 0 aliphatic heterocycles. The Hall–Kier alpha value is -2.09. The molecule has 90 valence electrons. The molecule has 0 fully saturated rings. The number of amides is 1. The molecule has 5 heteroatoms. The molecule has 0 spiro atoms. The Labute approximate surface area is 99.9 Å². The fourth-order valence-electron chi connectivity index (χ4n) is 1.39. The molecule has 17 heavy (non-hydrogen) atoms. The van der Waals surface area contributed by atoms with Crippen molar-refractivity contribution in [2.75, 3.05) is 13.6 Å². The van der Waals surface area contributed by atoms with Crippen LogP contribution in [0.1, 0.15) is 12.0 Å². The lowest BCUT2D eigenvalue weighted by atomic mass is 10.3. The predicted molar refractivity (Wildman–Crippen MR) is 63.3 cm³/mol. The topological polar surface area (TPSA) is 66.1 Å². The summed E-state index contributed by atoms with van der Waals surface area (Å²) in [4.78, 5) is 24.9. The molecule has 0 saturated carbocycles. The molecule has 0 N–H and O–H groups in total. The molecule has 0 atom stereocenters. The van der Waals surface area contributed by atoms with E-state index in [-0.39, 0.29) is 18.0 Å². The molecule has 0 radical (unpaired) electrons. The molecule has 1 amide bonds. The third-order valence-corrected chi connectivity index (χ3v) is 2.50. The van der Waals surface area contributed by atoms with E-state index >= 15 is 0 Å². The number of aromatic nitrogens is 1. The van der Waals surface area contributed by atoms with Crippen LogP contribution in [0.3, 0.4) is 0 Å². The summed E-state index contributed by atoms with van der Waals surface area (Å²) in [6.45, 7) is 2.11. The standard InChI is InChI=1S/C12H15N3O2/c1-10-5-3-8-15(12(10)17)9-11(16)14(2)7-4-6-13/h3,5,8H,4,7,9H2,1-2H3. The lowest BCUT2D eigenvalue weighted by Gasteiger charge is -2.16. The molecule has 5 nitrogen and oxygen atoms in total. The molecule has 0 unspecified atom stereocenters. The van der Waals surface area contributed by atoms with Gasteiger partial charge in [0, 0.05) is 25.4 Å². The van der Waals surface area contributed by atoms with Gasteiger partial charge in [-0.3, -0.25) is 9.59 Å². The summed E-state index contributed by atoms with van der Waals surface area (Å²) in [6, 6.07) is 5.42. The largest absolute Gasteiger partial charge is 0.343 e. The second kappa shape index (κ2) is 5.85. The fourth-order valence-corrected chi connectivity index (χ4v) is 1.39. The molecule has 0 aliphatic carbocycles. The van der Waals surface area contributed by atoms with Crippen LogP contribution < -0.4 is 5.56 Å². The first kappa shape index (κ1) is 13.0. The van der Waals surface area contributed by atoms with E-state index < -0.39 is 0 Å². The first-order chi connectivity index (χ1) is 8.06. The van der Waals surface area contributed by atoms with Gasteiger partial charge >= 0.3 is 0 Å². The molecule has 0 saturated heterocycles. The highest BCUT2D eigenvalue weighted by Crippen LogP contribution is 1.93. The number of rotatable bonds is 4. The Morgan fingerprint density at radius 1 is 1.59 bits per heavy atom. The zero-order valence-corrected chi connectivity index (χ0v) is 10.0. The summed E-state index contributed by atoms with van der Waals surface area (Å²) in [6.07, 6.45) is 1.89. The summed E-state index contributed by atoms with van der Waals surface area (Å²) in [5.41, 5.74) is 0.453. The van der Waals surface area contributed by atoms with Crippen molar-refractivity contribution in [3.05, 3.63) is 34.2 Å². The molecular weight excluding hydrogens is 218 g/mol. The summed E-state index contributed by atoms with van der Waals surface area (Å²) in [5, 5.41) is 8.42. The highest BCUT2D eigenvalue weighted by atomic mass is 16.2. The number of nitrogens with zero attached hydrogens (tertiary/aromatic N) is 3. The van der Waals surface area contributed by atoms with Gasteiger partial charge in [-0.1, -0.05) is 6.07 Å². The minimum atomic E-state index is -0.173. The Morgan fingerprint density at radius 2 is 2.29 bits per heavy atom. The SMILES string of the molecule is Cc1cccn(CC(=O)N(C)CCC#N)c1=O. The second-order valence-corrected chi connectivity index (χ2v) is 3.85. The van der Waals surface area contributed by atoms with Crippen LogP contribution in [0.25, 0.3) is 0 Å². The van der Waals surface area contributed by atoms with Gasteiger partial charge in [-0.15, -0.1) is 0 Å². The third kappa shape index (κ3) is 3.45. The second-order valence-electron chi connectivity index (χ2n) is 3.85. The van der Waals surface area contributed by atoms with E-state index in [1.54, 1.807) is 32.3 Å². The monoisotopic (exact) mass is 233 g/mol. The van der Waals surface area contributed by atoms with Crippen LogP contribution in [0.4, 0.5) is 0 Å². The van der Waals surface area contributed by atoms with Crippen LogP contribution in [0.15, 0.2) is 23.1 Å². The van der Waals surface area contributed by atoms with Crippen molar-refractivity contribution in [2.24, 2.45) is 0 Å². The Balaban J connectivity index is 2.72. The maximum Gasteiger partial charge on any atom is 0.253 e. The summed E-state index contributed by atoms with van der Waals surface area (Å²) >= 11 is 0. The minimum absolute atomic E-state index is 0.0163. The highest BCUT2D eigenvalue weighted by molar-refractivity contribution is 5.75. The number of likely N-dealkylation sites (N-methyl/N-ethyl adjacent to an activating group) is 1. The number of nitriles is 1. The summed E-state index contributed by atoms with van der Waals surface area (Å²) in [7, 11) is 1.63. The van der Waals surface area contributed by atoms with E-state index in [0.29, 0.717) is 18.5 Å². The van der Waals surface area contributed by atoms with Crippen LogP contribution >= 0.6 is 0 Å². The number of carbonyl (C=O) groups is 1. The average Bonchev–Trinajstić information content (AvgIpc) is 2.31. The highest BCUT2D eigenvalue weighted by Gasteiger charge is 2.10. The lowest BCUT2D eigenvalue weighted by Crippen LogP contribution is -2.34. The van der Waals surface area contributed by atoms with Crippen molar-refractivity contribution in [3.8, 4) is 6.07 Å². The van der Waals surface area contributed by atoms with Crippen LogP contribution in [0.2, 0.25) is 0 Å². The molecular formula is C12H15N3O2. The number of hydrogen-bond acceptors (Lipinski definition) is 3. The van der Waals surface area contributed by atoms with Gasteiger partial charge in [0.05, 0.1) is 12.5 Å². The van der Waals surface area contributed by atoms with E-state index in [4.69, 9.17) is 5.26 Å². The van der Waals surface area contributed by atoms with Crippen molar-refractivity contribution in [3.63, 3.8) is 0 Å². The van der Waals surface area contributed by atoms with Crippen LogP contribution in [0.5, 0.6) is 0 Å². The van der Waals surface area contributed by atoms with E-state index in [0.717, 1.165) is 0 Å². The number of hydrogen-bond donors (Lipinski definition) is 0. The molecule has 1 aromatic rings. The number of pyridine rings is 1. The molecule has 1 rings (SSSR count). The summed E-state index contributed by atoms with van der Waals surface area (Å²) < 4.78 is 1.38. The van der Waals surface area contributed by atoms with Gasteiger partial charge in [-0.05, 0) is 13.0 Å². The zero-order valence-electron chi connectivity index (χ0n) is 10.0. The molecule has 0 aromatic carbocycles. The average molecular weight is 233 g/mol. The van der Waals surface area contributed by atoms with Gasteiger partial charge in [0.15, 0.2) is 0 Å². The first-order valence-electron chi connectivity index (χ1n) is 5.33. The van der Waals surface area contributed by atoms with E-state index in [1.807, 2.05) is 6.07 Å². The van der Waals surface area contributed by atoms with Gasteiger partial charge in [0.2, 0.25) is 5.91 Å². The molecule has 1 aromatic heterocycles. The van der Waals surface area contributed by atoms with E-state index in [1.165, 1.54) is 9.47 Å². The van der Waals surface area contributed by atoms with Gasteiger partial charge in [0.1, 0.15) is 6.54 Å². The maximum absolute atomic E-state index is 11.7. The summed E-state index contributed by atoms with van der Waals surface area (Å²) in [5.74, 6) is -0.173. The third-order valence-electron chi connectivity index (χ3n) is 2.50. The van der Waals surface area contributed by atoms with Crippen LogP contribution in [-0.2, 0) is 11.3 Å². The Bertz CT molecular complexity index is 499. The van der Waals surface area contributed by atoms with Gasteiger partial charge in [0.25, 0.3) is 5.56 Å². The quantitative estimate of drug-likeness (QED) is 0.761. The molecule has 1 heterocycles. The lowest BCUT2D eigenvalue weighted by molar-refractivity contribution is -0.130. The maximum atomic E-state index is 11.7. The fraction of sp³-hybridized carbons (Fsp3) is 0.417. The Kier molecular flexibility index (Phi) is 4.46. The van der Waals surface area contributed by atoms with E-state index in [2.05, 4.69) is 0 Å². The van der Waals surface area contributed by atoms with Gasteiger partial charge < -0.3 is 9.47 Å². The van der Waals surface area contributed by atoms with Crippen LogP contribution in [0, 0.1) is 18.3 Å².